The van der Waals surface area contributed by atoms with Crippen LogP contribution in [0, 0.1) is 0 Å². The van der Waals surface area contributed by atoms with Gasteiger partial charge in [-0.05, 0) is 62.4 Å². The van der Waals surface area contributed by atoms with E-state index in [1.165, 1.54) is 26.0 Å². The molecular formula is C19H23N3O5S. The normalized spacial score (nSPS) is 12.1. The first-order valence-electron chi connectivity index (χ1n) is 8.65. The molecule has 0 saturated carbocycles. The van der Waals surface area contributed by atoms with E-state index in [1.807, 2.05) is 6.92 Å². The molecule has 2 rings (SSSR count). The van der Waals surface area contributed by atoms with Crippen molar-refractivity contribution in [3.05, 3.63) is 48.5 Å². The first-order valence-corrected chi connectivity index (χ1v) is 10.1. The zero-order valence-electron chi connectivity index (χ0n) is 15.9. The van der Waals surface area contributed by atoms with Crippen molar-refractivity contribution >= 4 is 33.2 Å². The summed E-state index contributed by atoms with van der Waals surface area (Å²) in [5, 5.41) is 5.24. The lowest BCUT2D eigenvalue weighted by Gasteiger charge is -2.15. The molecule has 150 valence electrons. The third-order valence-corrected chi connectivity index (χ3v) is 5.20. The number of benzene rings is 2. The Morgan fingerprint density at radius 2 is 1.50 bits per heavy atom. The fraction of sp³-hybridized carbons (Fsp3) is 0.263. The van der Waals surface area contributed by atoms with Crippen LogP contribution in [0.15, 0.2) is 53.4 Å². The highest BCUT2D eigenvalue weighted by atomic mass is 32.2. The Morgan fingerprint density at radius 1 is 0.964 bits per heavy atom. The van der Waals surface area contributed by atoms with Gasteiger partial charge in [0.1, 0.15) is 5.75 Å². The summed E-state index contributed by atoms with van der Waals surface area (Å²) in [6.45, 7) is 5.16. The molecule has 0 spiro atoms. The second-order valence-corrected chi connectivity index (χ2v) is 7.71. The quantitative estimate of drug-likeness (QED) is 0.624. The molecule has 0 saturated heterocycles. The molecule has 8 nitrogen and oxygen atoms in total. The van der Waals surface area contributed by atoms with Crippen molar-refractivity contribution in [3.63, 3.8) is 0 Å². The van der Waals surface area contributed by atoms with Crippen LogP contribution in [-0.2, 0) is 19.6 Å². The highest BCUT2D eigenvalue weighted by Crippen LogP contribution is 2.17. The maximum absolute atomic E-state index is 12.4. The first kappa shape index (κ1) is 21.4. The van der Waals surface area contributed by atoms with Crippen LogP contribution in [0.1, 0.15) is 20.8 Å². The van der Waals surface area contributed by atoms with Crippen molar-refractivity contribution in [2.75, 3.05) is 17.2 Å². The number of hydrogen-bond acceptors (Lipinski definition) is 5. The van der Waals surface area contributed by atoms with E-state index >= 15 is 0 Å². The topological polar surface area (TPSA) is 114 Å². The van der Waals surface area contributed by atoms with Crippen molar-refractivity contribution in [3.8, 4) is 5.75 Å². The molecule has 0 heterocycles. The van der Waals surface area contributed by atoms with Crippen LogP contribution < -0.4 is 20.1 Å². The van der Waals surface area contributed by atoms with Gasteiger partial charge in [-0.25, -0.2) is 8.42 Å². The van der Waals surface area contributed by atoms with Crippen molar-refractivity contribution < 1.29 is 22.7 Å². The minimum atomic E-state index is -3.86. The Balaban J connectivity index is 1.99. The summed E-state index contributed by atoms with van der Waals surface area (Å²) < 4.78 is 32.5. The molecule has 0 aromatic heterocycles. The van der Waals surface area contributed by atoms with Crippen LogP contribution in [-0.4, -0.2) is 32.9 Å². The molecule has 2 amide bonds. The largest absolute Gasteiger partial charge is 0.494 e. The first-order chi connectivity index (χ1) is 13.2. The number of hydrogen-bond donors (Lipinski definition) is 3. The van der Waals surface area contributed by atoms with Gasteiger partial charge >= 0.3 is 0 Å². The summed E-state index contributed by atoms with van der Waals surface area (Å²) in [6, 6.07) is 11.4. The molecule has 1 atom stereocenters. The fourth-order valence-corrected chi connectivity index (χ4v) is 3.53. The van der Waals surface area contributed by atoms with E-state index in [-0.39, 0.29) is 10.8 Å². The van der Waals surface area contributed by atoms with E-state index in [1.54, 1.807) is 36.4 Å². The number of carbonyl (C=O) groups is 2. The molecule has 2 aromatic carbocycles. The van der Waals surface area contributed by atoms with Crippen LogP contribution in [0.5, 0.6) is 5.75 Å². The van der Waals surface area contributed by atoms with Gasteiger partial charge in [0, 0.05) is 18.3 Å². The van der Waals surface area contributed by atoms with Gasteiger partial charge in [0.15, 0.2) is 0 Å². The smallest absolute Gasteiger partial charge is 0.242 e. The lowest BCUT2D eigenvalue weighted by Crippen LogP contribution is -2.41. The summed E-state index contributed by atoms with van der Waals surface area (Å²) in [7, 11) is -3.86. The Bertz CT molecular complexity index is 925. The maximum Gasteiger partial charge on any atom is 0.242 e. The number of sulfonamides is 1. The lowest BCUT2D eigenvalue weighted by atomic mass is 10.2. The van der Waals surface area contributed by atoms with Gasteiger partial charge in [-0.15, -0.1) is 0 Å². The van der Waals surface area contributed by atoms with Crippen molar-refractivity contribution in [2.45, 2.75) is 31.7 Å². The number of anilines is 2. The van der Waals surface area contributed by atoms with E-state index in [4.69, 9.17) is 4.74 Å². The molecule has 9 heteroatoms. The standard InChI is InChI=1S/C19H23N3O5S/c1-4-27-17-9-11-18(12-10-17)28(25,26)22-13(2)19(24)21-16-7-5-15(6-8-16)20-14(3)23/h5-13,22H,4H2,1-3H3,(H,20,23)(H,21,24)/t13-/m0/s1. The third-order valence-electron chi connectivity index (χ3n) is 3.64. The van der Waals surface area contributed by atoms with Gasteiger partial charge in [0.05, 0.1) is 17.5 Å². The van der Waals surface area contributed by atoms with E-state index in [0.717, 1.165) is 0 Å². The molecule has 0 aliphatic rings. The zero-order valence-corrected chi connectivity index (χ0v) is 16.7. The maximum atomic E-state index is 12.4. The molecule has 0 fully saturated rings. The predicted molar refractivity (Wildman–Crippen MR) is 107 cm³/mol. The predicted octanol–water partition coefficient (Wildman–Crippen LogP) is 2.35. The molecule has 0 unspecified atom stereocenters. The Kier molecular flexibility index (Phi) is 7.13. The number of ether oxygens (including phenoxy) is 1. The van der Waals surface area contributed by atoms with Gasteiger partial charge in [0.2, 0.25) is 21.8 Å². The van der Waals surface area contributed by atoms with Crippen LogP contribution in [0.2, 0.25) is 0 Å². The monoisotopic (exact) mass is 405 g/mol. The molecule has 28 heavy (non-hydrogen) atoms. The van der Waals surface area contributed by atoms with Crippen LogP contribution in [0.4, 0.5) is 11.4 Å². The number of nitrogens with one attached hydrogen (secondary N) is 3. The number of rotatable bonds is 8. The Labute approximate surface area is 164 Å². The number of amides is 2. The number of carbonyl (C=O) groups excluding carboxylic acids is 2. The highest BCUT2D eigenvalue weighted by Gasteiger charge is 2.22. The summed E-state index contributed by atoms with van der Waals surface area (Å²) in [6.07, 6.45) is 0. The molecule has 2 aromatic rings. The average molecular weight is 405 g/mol. The Morgan fingerprint density at radius 3 is 2.00 bits per heavy atom. The van der Waals surface area contributed by atoms with E-state index < -0.39 is 22.0 Å². The van der Waals surface area contributed by atoms with E-state index in [9.17, 15) is 18.0 Å². The van der Waals surface area contributed by atoms with Crippen molar-refractivity contribution in [2.24, 2.45) is 0 Å². The van der Waals surface area contributed by atoms with E-state index in [0.29, 0.717) is 23.7 Å². The average Bonchev–Trinajstić information content (AvgIpc) is 2.63. The summed E-state index contributed by atoms with van der Waals surface area (Å²) in [5.74, 6) is -0.147. The highest BCUT2D eigenvalue weighted by molar-refractivity contribution is 7.89. The fourth-order valence-electron chi connectivity index (χ4n) is 2.33. The third kappa shape index (κ3) is 6.07. The van der Waals surface area contributed by atoms with Crippen LogP contribution >= 0.6 is 0 Å². The molecule has 3 N–H and O–H groups in total. The lowest BCUT2D eigenvalue weighted by molar-refractivity contribution is -0.117. The minimum absolute atomic E-state index is 0.0373. The van der Waals surface area contributed by atoms with Crippen molar-refractivity contribution in [1.82, 2.24) is 4.72 Å². The summed E-state index contributed by atoms with van der Waals surface area (Å²) >= 11 is 0. The van der Waals surface area contributed by atoms with E-state index in [2.05, 4.69) is 15.4 Å². The van der Waals surface area contributed by atoms with Gasteiger partial charge in [0.25, 0.3) is 0 Å². The molecular weight excluding hydrogens is 382 g/mol. The Hall–Kier alpha value is -2.91. The second kappa shape index (κ2) is 9.34. The van der Waals surface area contributed by atoms with Crippen LogP contribution in [0.3, 0.4) is 0 Å². The van der Waals surface area contributed by atoms with Gasteiger partial charge in [-0.3, -0.25) is 9.59 Å². The molecule has 0 radical (unpaired) electrons. The molecule has 0 aliphatic carbocycles. The zero-order chi connectivity index (χ0) is 20.7. The second-order valence-electron chi connectivity index (χ2n) is 6.00. The van der Waals surface area contributed by atoms with Gasteiger partial charge in [-0.1, -0.05) is 0 Å². The summed E-state index contributed by atoms with van der Waals surface area (Å²) in [4.78, 5) is 23.3. The van der Waals surface area contributed by atoms with Gasteiger partial charge in [-0.2, -0.15) is 4.72 Å². The van der Waals surface area contributed by atoms with Gasteiger partial charge < -0.3 is 15.4 Å². The SMILES string of the molecule is CCOc1ccc(S(=O)(=O)N[C@@H](C)C(=O)Nc2ccc(NC(C)=O)cc2)cc1. The molecule has 0 aliphatic heterocycles. The summed E-state index contributed by atoms with van der Waals surface area (Å²) in [5.41, 5.74) is 1.07. The minimum Gasteiger partial charge on any atom is -0.494 e. The van der Waals surface area contributed by atoms with Crippen molar-refractivity contribution in [1.29, 1.82) is 0 Å². The molecule has 0 bridgehead atoms. The van der Waals surface area contributed by atoms with Crippen LogP contribution in [0.25, 0.3) is 0 Å².